The molecule has 0 radical (unpaired) electrons. The average molecular weight is 487 g/mol. The number of carbonyl (C=O) groups excluding carboxylic acids is 1. The van der Waals surface area contributed by atoms with Crippen molar-refractivity contribution in [3.05, 3.63) is 66.2 Å². The molecule has 0 spiro atoms. The van der Waals surface area contributed by atoms with E-state index in [1.807, 2.05) is 56.4 Å². The number of likely N-dealkylation sites (N-methyl/N-ethyl adjacent to an activating group) is 1. The van der Waals surface area contributed by atoms with Crippen molar-refractivity contribution in [3.8, 4) is 5.75 Å². The van der Waals surface area contributed by atoms with Gasteiger partial charge in [-0.05, 0) is 57.3 Å². The summed E-state index contributed by atoms with van der Waals surface area (Å²) >= 11 is 1.62. The Labute approximate surface area is 203 Å². The van der Waals surface area contributed by atoms with Crippen molar-refractivity contribution < 1.29 is 29.3 Å². The van der Waals surface area contributed by atoms with E-state index >= 15 is 0 Å². The number of hydrogen-bond acceptors (Lipinski definition) is 6. The Bertz CT molecular complexity index is 1020. The number of ether oxygens (including phenoxy) is 1. The number of hydrogen-bond donors (Lipinski definition) is 2. The number of carboxylic acids is 2. The lowest BCUT2D eigenvalue weighted by Gasteiger charge is -2.38. The van der Waals surface area contributed by atoms with E-state index in [1.165, 1.54) is 0 Å². The molecule has 1 aliphatic rings. The number of para-hydroxylation sites is 1. The summed E-state index contributed by atoms with van der Waals surface area (Å²) in [6.07, 6.45) is 2.10. The van der Waals surface area contributed by atoms with Crippen LogP contribution in [-0.4, -0.2) is 67.3 Å². The smallest absolute Gasteiger partial charge is 0.328 e. The molecule has 0 saturated carbocycles. The summed E-state index contributed by atoms with van der Waals surface area (Å²) in [6.45, 7) is 3.70. The molecular formula is C25H30N2O6S. The van der Waals surface area contributed by atoms with Crippen LogP contribution in [0.15, 0.2) is 65.6 Å². The van der Waals surface area contributed by atoms with Gasteiger partial charge in [0.25, 0.3) is 0 Å². The van der Waals surface area contributed by atoms with E-state index in [0.29, 0.717) is 18.8 Å². The largest absolute Gasteiger partial charge is 0.494 e. The SMILES string of the molecule is CN(C)CCCOc1ccc(C2(C)Sc3ccccc3N(C)C2=O)cc1.O=C(O)/C=C/C(=O)O. The second kappa shape index (κ2) is 12.2. The molecule has 1 aliphatic heterocycles. The van der Waals surface area contributed by atoms with Crippen LogP contribution in [0.2, 0.25) is 0 Å². The van der Waals surface area contributed by atoms with Crippen LogP contribution in [-0.2, 0) is 19.1 Å². The Morgan fingerprint density at radius 1 is 1.06 bits per heavy atom. The molecule has 8 nitrogen and oxygen atoms in total. The number of fused-ring (bicyclic) bond motifs is 1. The molecule has 0 bridgehead atoms. The van der Waals surface area contributed by atoms with Crippen LogP contribution in [0, 0.1) is 0 Å². The van der Waals surface area contributed by atoms with Gasteiger partial charge in [0.2, 0.25) is 5.91 Å². The summed E-state index contributed by atoms with van der Waals surface area (Å²) in [5.41, 5.74) is 1.97. The minimum Gasteiger partial charge on any atom is -0.494 e. The molecule has 0 aromatic heterocycles. The first-order valence-electron chi connectivity index (χ1n) is 10.6. The van der Waals surface area contributed by atoms with Gasteiger partial charge in [-0.2, -0.15) is 0 Å². The average Bonchev–Trinajstić information content (AvgIpc) is 2.80. The molecule has 0 saturated heterocycles. The summed E-state index contributed by atoms with van der Waals surface area (Å²) in [6, 6.07) is 16.0. The molecule has 2 aromatic rings. The maximum Gasteiger partial charge on any atom is 0.328 e. The van der Waals surface area contributed by atoms with Gasteiger partial charge in [0.15, 0.2) is 0 Å². The van der Waals surface area contributed by atoms with Crippen molar-refractivity contribution in [2.24, 2.45) is 0 Å². The molecule has 0 aliphatic carbocycles. The highest BCUT2D eigenvalue weighted by molar-refractivity contribution is 8.01. The topological polar surface area (TPSA) is 107 Å². The maximum absolute atomic E-state index is 13.0. The first-order chi connectivity index (χ1) is 16.0. The Kier molecular flexibility index (Phi) is 9.70. The lowest BCUT2D eigenvalue weighted by atomic mass is 9.97. The number of benzene rings is 2. The van der Waals surface area contributed by atoms with Crippen LogP contribution in [0.3, 0.4) is 0 Å². The lowest BCUT2D eigenvalue weighted by Crippen LogP contribution is -2.44. The molecule has 2 N–H and O–H groups in total. The fraction of sp³-hybridized carbons (Fsp3) is 0.320. The van der Waals surface area contributed by atoms with Gasteiger partial charge in [-0.15, -0.1) is 11.8 Å². The van der Waals surface area contributed by atoms with Crippen LogP contribution in [0.4, 0.5) is 5.69 Å². The quantitative estimate of drug-likeness (QED) is 0.430. The first kappa shape index (κ1) is 26.9. The fourth-order valence-electron chi connectivity index (χ4n) is 3.28. The second-order valence-corrected chi connectivity index (χ2v) is 9.47. The lowest BCUT2D eigenvalue weighted by molar-refractivity contribution is -0.134. The molecule has 9 heteroatoms. The van der Waals surface area contributed by atoms with Crippen molar-refractivity contribution in [1.29, 1.82) is 0 Å². The van der Waals surface area contributed by atoms with Gasteiger partial charge in [0.1, 0.15) is 10.5 Å². The Morgan fingerprint density at radius 3 is 2.21 bits per heavy atom. The molecule has 2 aromatic carbocycles. The van der Waals surface area contributed by atoms with E-state index in [4.69, 9.17) is 14.9 Å². The van der Waals surface area contributed by atoms with Crippen molar-refractivity contribution in [3.63, 3.8) is 0 Å². The second-order valence-electron chi connectivity index (χ2n) is 8.01. The first-order valence-corrected chi connectivity index (χ1v) is 11.4. The summed E-state index contributed by atoms with van der Waals surface area (Å²) in [5, 5.41) is 15.6. The third-order valence-electron chi connectivity index (χ3n) is 5.05. The van der Waals surface area contributed by atoms with Crippen LogP contribution in [0.25, 0.3) is 0 Å². The predicted octanol–water partition coefficient (Wildman–Crippen LogP) is 3.71. The highest BCUT2D eigenvalue weighted by Crippen LogP contribution is 2.50. The molecule has 182 valence electrons. The van der Waals surface area contributed by atoms with Crippen molar-refractivity contribution in [2.75, 3.05) is 39.2 Å². The Hall–Kier alpha value is -3.30. The van der Waals surface area contributed by atoms with Crippen LogP contribution in [0.5, 0.6) is 5.75 Å². The molecule has 0 fully saturated rings. The van der Waals surface area contributed by atoms with E-state index in [-0.39, 0.29) is 5.91 Å². The number of aliphatic carboxylic acids is 2. The van der Waals surface area contributed by atoms with Gasteiger partial charge in [-0.25, -0.2) is 9.59 Å². The van der Waals surface area contributed by atoms with E-state index < -0.39 is 16.7 Å². The molecule has 1 amide bonds. The number of amides is 1. The molecule has 1 heterocycles. The zero-order chi connectivity index (χ0) is 25.3. The van der Waals surface area contributed by atoms with Crippen molar-refractivity contribution in [2.45, 2.75) is 23.0 Å². The number of rotatable bonds is 8. The van der Waals surface area contributed by atoms with Gasteiger partial charge >= 0.3 is 11.9 Å². The highest BCUT2D eigenvalue weighted by Gasteiger charge is 2.43. The predicted molar refractivity (Wildman–Crippen MR) is 133 cm³/mol. The van der Waals surface area contributed by atoms with Crippen LogP contribution in [0.1, 0.15) is 18.9 Å². The van der Waals surface area contributed by atoms with E-state index in [1.54, 1.807) is 16.7 Å². The van der Waals surface area contributed by atoms with Gasteiger partial charge in [-0.1, -0.05) is 24.3 Å². The minimum absolute atomic E-state index is 0.0980. The normalized spacial score (nSPS) is 17.2. The number of anilines is 1. The number of carboxylic acid groups (broad SMARTS) is 2. The number of nitrogens with zero attached hydrogens (tertiary/aromatic N) is 2. The van der Waals surface area contributed by atoms with E-state index in [9.17, 15) is 14.4 Å². The molecule has 1 atom stereocenters. The zero-order valence-electron chi connectivity index (χ0n) is 19.7. The van der Waals surface area contributed by atoms with Crippen LogP contribution < -0.4 is 9.64 Å². The third kappa shape index (κ3) is 7.36. The third-order valence-corrected chi connectivity index (χ3v) is 6.43. The van der Waals surface area contributed by atoms with Gasteiger partial charge in [0, 0.05) is 30.6 Å². The number of carbonyl (C=O) groups is 3. The summed E-state index contributed by atoms with van der Waals surface area (Å²) < 4.78 is 5.17. The van der Waals surface area contributed by atoms with Crippen molar-refractivity contribution >= 4 is 35.3 Å². The molecule has 1 unspecified atom stereocenters. The number of thioether (sulfide) groups is 1. The molecular weight excluding hydrogens is 456 g/mol. The van der Waals surface area contributed by atoms with E-state index in [2.05, 4.69) is 25.1 Å². The Morgan fingerprint density at radius 2 is 1.65 bits per heavy atom. The van der Waals surface area contributed by atoms with Gasteiger partial charge < -0.3 is 24.7 Å². The fourth-order valence-corrected chi connectivity index (χ4v) is 4.65. The van der Waals surface area contributed by atoms with Crippen molar-refractivity contribution in [1.82, 2.24) is 4.90 Å². The standard InChI is InChI=1S/C21H26N2O2S.C4H4O4/c1-21(20(24)23(4)18-8-5-6-9-19(18)26-21)16-10-12-17(13-11-16)25-15-7-14-22(2)3;5-3(6)1-2-4(7)8/h5-6,8-13H,7,14-15H2,1-4H3;1-2H,(H,5,6)(H,7,8)/b;2-1+. The van der Waals surface area contributed by atoms with Gasteiger partial charge in [-0.3, -0.25) is 4.79 Å². The summed E-state index contributed by atoms with van der Waals surface area (Å²) in [4.78, 5) is 37.2. The van der Waals surface area contributed by atoms with Crippen LogP contribution >= 0.6 is 11.8 Å². The molecule has 34 heavy (non-hydrogen) atoms. The Balaban J connectivity index is 0.000000440. The monoisotopic (exact) mass is 486 g/mol. The summed E-state index contributed by atoms with van der Waals surface area (Å²) in [5.74, 6) is -1.57. The zero-order valence-corrected chi connectivity index (χ0v) is 20.5. The highest BCUT2D eigenvalue weighted by atomic mass is 32.2. The van der Waals surface area contributed by atoms with Gasteiger partial charge in [0.05, 0.1) is 12.3 Å². The summed E-state index contributed by atoms with van der Waals surface area (Å²) in [7, 11) is 5.97. The van der Waals surface area contributed by atoms with E-state index in [0.717, 1.165) is 34.9 Å². The molecule has 3 rings (SSSR count). The maximum atomic E-state index is 13.0. The minimum atomic E-state index is -1.26.